The number of piperidine rings is 1. The fraction of sp³-hybridized carbons (Fsp3) is 0.429. The van der Waals surface area contributed by atoms with Crippen LogP contribution < -0.4 is 5.32 Å². The van der Waals surface area contributed by atoms with Crippen molar-refractivity contribution in [2.24, 2.45) is 0 Å². The minimum atomic E-state index is -0.384. The number of thiophene rings is 1. The molecule has 148 valence electrons. The SMILES string of the molecule is CC(=O)N1CCC2(CC1)OCCc1cc(C(=O)NCc3cccc(F)c3)sc12. The minimum absolute atomic E-state index is 0.0921. The Morgan fingerprint density at radius 1 is 1.29 bits per heavy atom. The van der Waals surface area contributed by atoms with E-state index in [1.807, 2.05) is 11.0 Å². The van der Waals surface area contributed by atoms with Gasteiger partial charge in [-0.05, 0) is 48.6 Å². The number of hydrogen-bond donors (Lipinski definition) is 1. The largest absolute Gasteiger partial charge is 0.369 e. The predicted octanol–water partition coefficient (Wildman–Crippen LogP) is 3.23. The maximum atomic E-state index is 13.3. The molecule has 0 bridgehead atoms. The van der Waals surface area contributed by atoms with Crippen molar-refractivity contribution >= 4 is 23.2 Å². The molecule has 5 nitrogen and oxygen atoms in total. The Balaban J connectivity index is 1.48. The number of carbonyl (C=O) groups is 2. The molecule has 2 aromatic rings. The van der Waals surface area contributed by atoms with Gasteiger partial charge in [0.1, 0.15) is 11.4 Å². The fourth-order valence-corrected chi connectivity index (χ4v) is 5.33. The van der Waals surface area contributed by atoms with E-state index in [0.29, 0.717) is 24.6 Å². The lowest BCUT2D eigenvalue weighted by molar-refractivity contribution is -0.138. The third-order valence-electron chi connectivity index (χ3n) is 5.55. The second-order valence-corrected chi connectivity index (χ2v) is 8.43. The van der Waals surface area contributed by atoms with Gasteiger partial charge in [-0.15, -0.1) is 11.3 Å². The molecule has 28 heavy (non-hydrogen) atoms. The van der Waals surface area contributed by atoms with E-state index in [-0.39, 0.29) is 29.8 Å². The van der Waals surface area contributed by atoms with Crippen molar-refractivity contribution in [1.82, 2.24) is 10.2 Å². The molecule has 0 unspecified atom stereocenters. The molecule has 1 fully saturated rings. The first-order chi connectivity index (χ1) is 13.5. The summed E-state index contributed by atoms with van der Waals surface area (Å²) in [6, 6.07) is 8.19. The fourth-order valence-electron chi connectivity index (χ4n) is 4.00. The molecule has 0 saturated carbocycles. The molecule has 2 amide bonds. The average Bonchev–Trinajstić information content (AvgIpc) is 3.13. The number of halogens is 1. The van der Waals surface area contributed by atoms with Gasteiger partial charge in [0.05, 0.1) is 11.5 Å². The first-order valence-corrected chi connectivity index (χ1v) is 10.3. The lowest BCUT2D eigenvalue weighted by Crippen LogP contribution is -2.47. The van der Waals surface area contributed by atoms with Crippen molar-refractivity contribution in [1.29, 1.82) is 0 Å². The second-order valence-electron chi connectivity index (χ2n) is 7.38. The quantitative estimate of drug-likeness (QED) is 0.858. The number of benzene rings is 1. The Morgan fingerprint density at radius 3 is 2.79 bits per heavy atom. The van der Waals surface area contributed by atoms with Crippen molar-refractivity contribution in [3.8, 4) is 0 Å². The predicted molar refractivity (Wildman–Crippen MR) is 105 cm³/mol. The Labute approximate surface area is 167 Å². The molecule has 1 N–H and O–H groups in total. The third kappa shape index (κ3) is 3.69. The third-order valence-corrected chi connectivity index (χ3v) is 6.92. The van der Waals surface area contributed by atoms with Crippen LogP contribution >= 0.6 is 11.3 Å². The highest BCUT2D eigenvalue weighted by molar-refractivity contribution is 7.14. The number of carbonyl (C=O) groups excluding carboxylic acids is 2. The molecule has 1 saturated heterocycles. The summed E-state index contributed by atoms with van der Waals surface area (Å²) < 4.78 is 19.5. The molecule has 0 atom stereocenters. The molecule has 2 aliphatic heterocycles. The summed E-state index contributed by atoms with van der Waals surface area (Å²) >= 11 is 1.48. The number of rotatable bonds is 3. The van der Waals surface area contributed by atoms with Crippen molar-refractivity contribution < 1.29 is 18.7 Å². The van der Waals surface area contributed by atoms with Gasteiger partial charge in [-0.3, -0.25) is 9.59 Å². The first-order valence-electron chi connectivity index (χ1n) is 9.52. The van der Waals surface area contributed by atoms with Gasteiger partial charge >= 0.3 is 0 Å². The van der Waals surface area contributed by atoms with Gasteiger partial charge in [-0.2, -0.15) is 0 Å². The number of fused-ring (bicyclic) bond motifs is 2. The van der Waals surface area contributed by atoms with Crippen molar-refractivity contribution in [3.63, 3.8) is 0 Å². The molecule has 1 aromatic carbocycles. The van der Waals surface area contributed by atoms with Gasteiger partial charge in [0.2, 0.25) is 5.91 Å². The van der Waals surface area contributed by atoms with E-state index in [0.717, 1.165) is 29.7 Å². The Bertz CT molecular complexity index is 903. The number of hydrogen-bond acceptors (Lipinski definition) is 4. The summed E-state index contributed by atoms with van der Waals surface area (Å²) in [7, 11) is 0. The van der Waals surface area contributed by atoms with Crippen LogP contribution in [0.5, 0.6) is 0 Å². The summed E-state index contributed by atoms with van der Waals surface area (Å²) in [4.78, 5) is 27.9. The highest BCUT2D eigenvalue weighted by atomic mass is 32.1. The standard InChI is InChI=1S/C21H23FN2O3S/c1-14(25)24-8-6-21(7-9-24)19-16(5-10-27-21)12-18(28-19)20(26)23-13-15-3-2-4-17(22)11-15/h2-4,11-12H,5-10,13H2,1H3,(H,23,26). The van der Waals surface area contributed by atoms with Crippen LogP contribution in [0.1, 0.15) is 45.4 Å². The van der Waals surface area contributed by atoms with E-state index in [2.05, 4.69) is 5.32 Å². The molecular formula is C21H23FN2O3S. The summed E-state index contributed by atoms with van der Waals surface area (Å²) in [6.07, 6.45) is 2.30. The van der Waals surface area contributed by atoms with Crippen LogP contribution in [-0.4, -0.2) is 36.4 Å². The van der Waals surface area contributed by atoms with E-state index < -0.39 is 0 Å². The zero-order valence-corrected chi connectivity index (χ0v) is 16.6. The van der Waals surface area contributed by atoms with Gasteiger partial charge < -0.3 is 15.0 Å². The van der Waals surface area contributed by atoms with Crippen molar-refractivity contribution in [2.75, 3.05) is 19.7 Å². The second kappa shape index (κ2) is 7.64. The van der Waals surface area contributed by atoms with Crippen LogP contribution in [0.15, 0.2) is 30.3 Å². The molecular weight excluding hydrogens is 379 g/mol. The normalized spacial score (nSPS) is 18.0. The van der Waals surface area contributed by atoms with E-state index in [4.69, 9.17) is 4.74 Å². The molecule has 2 aliphatic rings. The van der Waals surface area contributed by atoms with E-state index in [9.17, 15) is 14.0 Å². The minimum Gasteiger partial charge on any atom is -0.369 e. The van der Waals surface area contributed by atoms with E-state index in [1.54, 1.807) is 19.1 Å². The lowest BCUT2D eigenvalue weighted by Gasteiger charge is -2.43. The van der Waals surface area contributed by atoms with Crippen LogP contribution in [0.25, 0.3) is 0 Å². The summed E-state index contributed by atoms with van der Waals surface area (Å²) in [6.45, 7) is 3.86. The molecule has 7 heteroatoms. The molecule has 0 aliphatic carbocycles. The highest BCUT2D eigenvalue weighted by Gasteiger charge is 2.43. The van der Waals surface area contributed by atoms with Crippen LogP contribution in [0, 0.1) is 5.82 Å². The molecule has 3 heterocycles. The maximum Gasteiger partial charge on any atom is 0.261 e. The summed E-state index contributed by atoms with van der Waals surface area (Å²) in [5, 5.41) is 2.88. The van der Waals surface area contributed by atoms with Crippen molar-refractivity contribution in [3.05, 3.63) is 57.0 Å². The van der Waals surface area contributed by atoms with Gasteiger partial charge in [0.25, 0.3) is 5.91 Å². The number of nitrogens with one attached hydrogen (secondary N) is 1. The van der Waals surface area contributed by atoms with Crippen LogP contribution in [0.3, 0.4) is 0 Å². The molecule has 4 rings (SSSR count). The van der Waals surface area contributed by atoms with Crippen LogP contribution in [0.2, 0.25) is 0 Å². The van der Waals surface area contributed by atoms with Gasteiger partial charge in [0, 0.05) is 31.4 Å². The van der Waals surface area contributed by atoms with Gasteiger partial charge in [0.15, 0.2) is 0 Å². The number of amides is 2. The monoisotopic (exact) mass is 402 g/mol. The Hall–Kier alpha value is -2.25. The summed E-state index contributed by atoms with van der Waals surface area (Å²) in [5.74, 6) is -0.371. The molecule has 0 radical (unpaired) electrons. The highest BCUT2D eigenvalue weighted by Crippen LogP contribution is 2.45. The van der Waals surface area contributed by atoms with Gasteiger partial charge in [-0.1, -0.05) is 12.1 Å². The lowest BCUT2D eigenvalue weighted by atomic mass is 9.85. The van der Waals surface area contributed by atoms with Crippen molar-refractivity contribution in [2.45, 2.75) is 38.3 Å². The zero-order valence-electron chi connectivity index (χ0n) is 15.8. The molecule has 1 spiro atoms. The number of likely N-dealkylation sites (tertiary alicyclic amines) is 1. The Kier molecular flexibility index (Phi) is 5.21. The number of ether oxygens (including phenoxy) is 1. The molecule has 1 aromatic heterocycles. The topological polar surface area (TPSA) is 58.6 Å². The van der Waals surface area contributed by atoms with E-state index >= 15 is 0 Å². The van der Waals surface area contributed by atoms with Crippen LogP contribution in [-0.2, 0) is 28.1 Å². The Morgan fingerprint density at radius 2 is 2.07 bits per heavy atom. The van der Waals surface area contributed by atoms with Crippen LogP contribution in [0.4, 0.5) is 4.39 Å². The van der Waals surface area contributed by atoms with E-state index in [1.165, 1.54) is 29.0 Å². The zero-order chi connectivity index (χ0) is 19.7. The maximum absolute atomic E-state index is 13.3. The number of nitrogens with zero attached hydrogens (tertiary/aromatic N) is 1. The average molecular weight is 402 g/mol. The first kappa shape index (κ1) is 19.1. The summed E-state index contributed by atoms with van der Waals surface area (Å²) in [5.41, 5.74) is 1.51. The van der Waals surface area contributed by atoms with Gasteiger partial charge in [-0.25, -0.2) is 4.39 Å². The smallest absolute Gasteiger partial charge is 0.261 e.